The fraction of sp³-hybridized carbons (Fsp3) is 1.00. The molecule has 0 amide bonds. The molecule has 1 aliphatic carbocycles. The van der Waals surface area contributed by atoms with Crippen molar-refractivity contribution in [2.24, 2.45) is 10.9 Å². The number of thioether (sulfide) groups is 1. The maximum Gasteiger partial charge on any atom is 0.349 e. The first-order valence-corrected chi connectivity index (χ1v) is 8.86. The number of rotatable bonds is 5. The fourth-order valence-electron chi connectivity index (χ4n) is 2.20. The molecule has 0 aromatic heterocycles. The first-order valence-electron chi connectivity index (χ1n) is 5.90. The molecule has 0 radical (unpaired) electrons. The van der Waals surface area contributed by atoms with Crippen molar-refractivity contribution >= 4 is 27.1 Å². The van der Waals surface area contributed by atoms with Gasteiger partial charge in [0, 0.05) is 22.9 Å². The number of hydrogen-bond donors (Lipinski definition) is 0. The van der Waals surface area contributed by atoms with Gasteiger partial charge in [0.15, 0.2) is 0 Å². The molecule has 17 heavy (non-hydrogen) atoms. The lowest BCUT2D eigenvalue weighted by molar-refractivity contribution is 0.0619. The van der Waals surface area contributed by atoms with E-state index in [1.54, 1.807) is 11.8 Å². The van der Waals surface area contributed by atoms with Crippen LogP contribution in [0.2, 0.25) is 0 Å². The van der Waals surface area contributed by atoms with Crippen LogP contribution in [0.5, 0.6) is 0 Å². The first-order chi connectivity index (χ1) is 8.02. The lowest BCUT2D eigenvalue weighted by Gasteiger charge is -2.32. The van der Waals surface area contributed by atoms with Crippen LogP contribution in [0, 0.1) is 10.8 Å². The minimum Gasteiger partial charge on any atom is -0.370 e. The van der Waals surface area contributed by atoms with Crippen LogP contribution >= 0.6 is 19.3 Å². The second-order valence-corrected chi connectivity index (χ2v) is 8.11. The van der Waals surface area contributed by atoms with Crippen molar-refractivity contribution in [2.45, 2.75) is 36.0 Å². The molecule has 0 N–H and O–H groups in total. The third kappa shape index (κ3) is 3.34. The molecule has 0 bridgehead atoms. The van der Waals surface area contributed by atoms with Gasteiger partial charge in [-0.25, -0.2) is 0 Å². The van der Waals surface area contributed by atoms with Gasteiger partial charge in [0.2, 0.25) is 0 Å². The molecule has 1 saturated carbocycles. The molecule has 0 aromatic carbocycles. The average Bonchev–Trinajstić information content (AvgIpc) is 2.55. The maximum atomic E-state index is 11.3. The highest BCUT2D eigenvalue weighted by Gasteiger charge is 2.40. The van der Waals surface area contributed by atoms with E-state index in [4.69, 9.17) is 9.26 Å². The van der Waals surface area contributed by atoms with Crippen LogP contribution in [0.3, 0.4) is 0 Å². The van der Waals surface area contributed by atoms with E-state index in [9.17, 15) is 9.47 Å². The summed E-state index contributed by atoms with van der Waals surface area (Å²) in [5.74, 6) is 0.748. The highest BCUT2D eigenvalue weighted by atomic mass is 32.2. The van der Waals surface area contributed by atoms with Crippen LogP contribution in [0.1, 0.15) is 19.3 Å². The third-order valence-electron chi connectivity index (χ3n) is 3.35. The van der Waals surface area contributed by atoms with Crippen molar-refractivity contribution in [2.75, 3.05) is 13.3 Å². The van der Waals surface area contributed by atoms with Crippen molar-refractivity contribution < 1.29 is 13.8 Å². The fourth-order valence-corrected chi connectivity index (χ4v) is 4.28. The smallest absolute Gasteiger partial charge is 0.349 e. The van der Waals surface area contributed by atoms with Gasteiger partial charge in [0.1, 0.15) is 13.3 Å². The Balaban J connectivity index is 1.80. The summed E-state index contributed by atoms with van der Waals surface area (Å²) in [6.45, 7) is 1.41. The molecule has 2 unspecified atom stereocenters. The largest absolute Gasteiger partial charge is 0.370 e. The van der Waals surface area contributed by atoms with Crippen molar-refractivity contribution in [1.29, 1.82) is 0 Å². The zero-order valence-corrected chi connectivity index (χ0v) is 11.8. The first kappa shape index (κ1) is 13.6. The Labute approximate surface area is 106 Å². The molecule has 1 heterocycles. The zero-order valence-electron chi connectivity index (χ0n) is 10.1. The van der Waals surface area contributed by atoms with Gasteiger partial charge < -0.3 is 9.26 Å². The molecule has 96 valence electrons. The van der Waals surface area contributed by atoms with E-state index in [1.165, 1.54) is 25.9 Å². The van der Waals surface area contributed by atoms with Gasteiger partial charge in [-0.05, 0) is 18.8 Å². The molecule has 0 spiro atoms. The predicted molar refractivity (Wildman–Crippen MR) is 71.2 cm³/mol. The molecule has 2 rings (SSSR count). The normalized spacial score (nSPS) is 37.4. The van der Waals surface area contributed by atoms with Crippen LogP contribution in [-0.2, 0) is 13.8 Å². The van der Waals surface area contributed by atoms with Crippen LogP contribution in [-0.4, -0.2) is 37.8 Å². The summed E-state index contributed by atoms with van der Waals surface area (Å²) in [7, 11) is -1.24. The predicted octanol–water partition coefficient (Wildman–Crippen LogP) is 1.81. The Hall–Kier alpha value is 0.165. The van der Waals surface area contributed by atoms with Crippen LogP contribution in [0.4, 0.5) is 0 Å². The third-order valence-corrected chi connectivity index (χ3v) is 5.91. The SMILES string of the molecule is BC1O[C@H](COP(C)(=O)N=O)S[C@@H]1C1CCC1. The van der Waals surface area contributed by atoms with Gasteiger partial charge in [0.05, 0.1) is 6.61 Å². The van der Waals surface area contributed by atoms with Gasteiger partial charge in [0.25, 0.3) is 0 Å². The number of nitrogens with zero attached hydrogens (tertiary/aromatic N) is 1. The number of nitroso groups, excluding NO2 is 1. The zero-order chi connectivity index (χ0) is 12.5. The van der Waals surface area contributed by atoms with Gasteiger partial charge in [-0.15, -0.1) is 16.7 Å². The molecule has 8 heteroatoms. The molecule has 4 atom stereocenters. The lowest BCUT2D eigenvalue weighted by Crippen LogP contribution is -2.32. The minimum absolute atomic E-state index is 0.120. The van der Waals surface area contributed by atoms with E-state index < -0.39 is 7.52 Å². The number of ether oxygens (including phenoxy) is 1. The van der Waals surface area contributed by atoms with Gasteiger partial charge in [-0.1, -0.05) is 6.42 Å². The molecular weight excluding hydrogens is 260 g/mol. The summed E-state index contributed by atoms with van der Waals surface area (Å²) in [6.07, 6.45) is 3.87. The highest BCUT2D eigenvalue weighted by Crippen LogP contribution is 2.47. The van der Waals surface area contributed by atoms with Crippen LogP contribution < -0.4 is 0 Å². The summed E-state index contributed by atoms with van der Waals surface area (Å²) in [6, 6.07) is 0.208. The Kier molecular flexibility index (Phi) is 4.34. The highest BCUT2D eigenvalue weighted by molar-refractivity contribution is 8.00. The molecular formula is C9H17BNO4PS. The Morgan fingerprint density at radius 2 is 2.29 bits per heavy atom. The van der Waals surface area contributed by atoms with Crippen LogP contribution in [0.15, 0.2) is 4.95 Å². The van der Waals surface area contributed by atoms with E-state index >= 15 is 0 Å². The average molecular weight is 277 g/mol. The Bertz CT molecular complexity index is 341. The second-order valence-electron chi connectivity index (χ2n) is 4.74. The maximum absolute atomic E-state index is 11.3. The quantitative estimate of drug-likeness (QED) is 0.435. The van der Waals surface area contributed by atoms with E-state index in [2.05, 4.69) is 12.8 Å². The van der Waals surface area contributed by atoms with E-state index in [-0.39, 0.29) is 18.0 Å². The Morgan fingerprint density at radius 3 is 2.82 bits per heavy atom. The monoisotopic (exact) mass is 277 g/mol. The molecule has 2 aliphatic rings. The molecule has 5 nitrogen and oxygen atoms in total. The van der Waals surface area contributed by atoms with E-state index in [1.807, 2.05) is 0 Å². The molecule has 2 fully saturated rings. The summed E-state index contributed by atoms with van der Waals surface area (Å²) in [5, 5.41) is 0.512. The lowest BCUT2D eigenvalue weighted by atomic mass is 9.77. The van der Waals surface area contributed by atoms with Crippen molar-refractivity contribution in [3.63, 3.8) is 0 Å². The Morgan fingerprint density at radius 1 is 1.59 bits per heavy atom. The number of hydrogen-bond acceptors (Lipinski definition) is 5. The minimum atomic E-state index is -3.31. The summed E-state index contributed by atoms with van der Waals surface area (Å²) < 4.78 is 22.1. The van der Waals surface area contributed by atoms with Gasteiger partial charge in [-0.3, -0.25) is 4.57 Å². The molecule has 1 saturated heterocycles. The van der Waals surface area contributed by atoms with Crippen molar-refractivity contribution in [3.05, 3.63) is 4.91 Å². The summed E-state index contributed by atoms with van der Waals surface area (Å²) >= 11 is 1.74. The second kappa shape index (κ2) is 5.43. The summed E-state index contributed by atoms with van der Waals surface area (Å²) in [5.41, 5.74) is -0.120. The van der Waals surface area contributed by atoms with Gasteiger partial charge >= 0.3 is 7.52 Å². The standard InChI is InChI=1S/C9H17BNO4PS/c1-16(13,11-12)14-5-7-15-9(10)8(17-7)6-3-2-4-6/h6-9H,2-5,10H2,1H3/t7-,8+,9?,16?/m0/s1. The van der Waals surface area contributed by atoms with Crippen molar-refractivity contribution in [3.8, 4) is 0 Å². The van der Waals surface area contributed by atoms with Gasteiger partial charge in [-0.2, -0.15) is 0 Å². The van der Waals surface area contributed by atoms with E-state index in [0.717, 1.165) is 5.92 Å². The van der Waals surface area contributed by atoms with E-state index in [0.29, 0.717) is 5.25 Å². The van der Waals surface area contributed by atoms with Crippen molar-refractivity contribution in [1.82, 2.24) is 0 Å². The summed E-state index contributed by atoms with van der Waals surface area (Å²) in [4.78, 5) is 12.7. The topological polar surface area (TPSA) is 65.0 Å². The van der Waals surface area contributed by atoms with Crippen LogP contribution in [0.25, 0.3) is 0 Å². The molecule has 1 aliphatic heterocycles. The molecule has 0 aromatic rings.